The Bertz CT molecular complexity index is 604. The van der Waals surface area contributed by atoms with Gasteiger partial charge in [0.2, 0.25) is 0 Å². The molecule has 0 saturated heterocycles. The Labute approximate surface area is 124 Å². The highest BCUT2D eigenvalue weighted by Gasteiger charge is 2.16. The number of benzene rings is 2. The lowest BCUT2D eigenvalue weighted by atomic mass is 10.3. The van der Waals surface area contributed by atoms with Crippen molar-refractivity contribution < 1.29 is 13.9 Å². The van der Waals surface area contributed by atoms with E-state index in [0.29, 0.717) is 10.2 Å². The zero-order valence-electron chi connectivity index (χ0n) is 10.8. The number of para-hydroxylation sites is 1. The van der Waals surface area contributed by atoms with Gasteiger partial charge in [-0.25, -0.2) is 4.39 Å². The highest BCUT2D eigenvalue weighted by Crippen LogP contribution is 2.22. The summed E-state index contributed by atoms with van der Waals surface area (Å²) in [6.07, 6.45) is -0.800. The molecular formula is C15H13BrFNO2. The Hall–Kier alpha value is -1.88. The number of carbonyl (C=O) groups is 1. The summed E-state index contributed by atoms with van der Waals surface area (Å²) in [5.41, 5.74) is 0.671. The number of halogens is 2. The molecule has 20 heavy (non-hydrogen) atoms. The standard InChI is InChI=1S/C15H13BrFNO2/c1-10(15(19)18-12-5-3-2-4-6-12)20-14-8-7-11(16)9-13(14)17/h2-10H,1H3,(H,18,19)/t10-/m0/s1. The smallest absolute Gasteiger partial charge is 0.265 e. The number of anilines is 1. The van der Waals surface area contributed by atoms with Gasteiger partial charge in [0, 0.05) is 10.2 Å². The van der Waals surface area contributed by atoms with Crippen LogP contribution in [0.3, 0.4) is 0 Å². The van der Waals surface area contributed by atoms with E-state index in [0.717, 1.165) is 0 Å². The van der Waals surface area contributed by atoms with Crippen LogP contribution in [0.2, 0.25) is 0 Å². The topological polar surface area (TPSA) is 38.3 Å². The third-order valence-electron chi connectivity index (χ3n) is 2.61. The normalized spacial score (nSPS) is 11.8. The van der Waals surface area contributed by atoms with E-state index in [2.05, 4.69) is 21.2 Å². The van der Waals surface area contributed by atoms with Gasteiger partial charge in [-0.1, -0.05) is 34.1 Å². The Morgan fingerprint density at radius 1 is 1.25 bits per heavy atom. The predicted molar refractivity (Wildman–Crippen MR) is 79.3 cm³/mol. The molecule has 2 aromatic rings. The first-order valence-corrected chi connectivity index (χ1v) is 6.83. The number of hydrogen-bond acceptors (Lipinski definition) is 2. The Morgan fingerprint density at radius 3 is 2.60 bits per heavy atom. The number of rotatable bonds is 4. The van der Waals surface area contributed by atoms with Crippen molar-refractivity contribution in [1.82, 2.24) is 0 Å². The summed E-state index contributed by atoms with van der Waals surface area (Å²) in [4.78, 5) is 11.9. The molecule has 104 valence electrons. The highest BCUT2D eigenvalue weighted by molar-refractivity contribution is 9.10. The van der Waals surface area contributed by atoms with Gasteiger partial charge in [0.05, 0.1) is 0 Å². The quantitative estimate of drug-likeness (QED) is 0.915. The lowest BCUT2D eigenvalue weighted by molar-refractivity contribution is -0.122. The van der Waals surface area contributed by atoms with E-state index in [4.69, 9.17) is 4.74 Å². The zero-order valence-corrected chi connectivity index (χ0v) is 12.4. The molecule has 0 aliphatic heterocycles. The summed E-state index contributed by atoms with van der Waals surface area (Å²) in [5.74, 6) is -0.804. The molecule has 0 unspecified atom stereocenters. The van der Waals surface area contributed by atoms with Crippen LogP contribution in [0.15, 0.2) is 53.0 Å². The number of hydrogen-bond donors (Lipinski definition) is 1. The number of ether oxygens (including phenoxy) is 1. The molecule has 0 aliphatic carbocycles. The van der Waals surface area contributed by atoms with Gasteiger partial charge in [-0.3, -0.25) is 4.79 Å². The molecule has 0 saturated carbocycles. The van der Waals surface area contributed by atoms with Gasteiger partial charge in [0.1, 0.15) is 0 Å². The number of amides is 1. The van der Waals surface area contributed by atoms with Crippen molar-refractivity contribution in [3.05, 3.63) is 58.8 Å². The summed E-state index contributed by atoms with van der Waals surface area (Å²) in [5, 5.41) is 2.70. The second-order valence-corrected chi connectivity index (χ2v) is 5.11. The molecule has 0 aliphatic rings. The second kappa shape index (κ2) is 6.52. The van der Waals surface area contributed by atoms with Gasteiger partial charge in [-0.2, -0.15) is 0 Å². The van der Waals surface area contributed by atoms with Gasteiger partial charge in [-0.15, -0.1) is 0 Å². The monoisotopic (exact) mass is 337 g/mol. The third-order valence-corrected chi connectivity index (χ3v) is 3.10. The van der Waals surface area contributed by atoms with Crippen molar-refractivity contribution in [1.29, 1.82) is 0 Å². The molecule has 1 N–H and O–H groups in total. The molecule has 0 fully saturated rings. The molecule has 0 spiro atoms. The average molecular weight is 338 g/mol. The minimum atomic E-state index is -0.800. The van der Waals surface area contributed by atoms with Crippen LogP contribution >= 0.6 is 15.9 Å². The first-order chi connectivity index (χ1) is 9.56. The Morgan fingerprint density at radius 2 is 1.95 bits per heavy atom. The summed E-state index contributed by atoms with van der Waals surface area (Å²) < 4.78 is 19.6. The van der Waals surface area contributed by atoms with Crippen molar-refractivity contribution in [2.75, 3.05) is 5.32 Å². The molecule has 0 aromatic heterocycles. The van der Waals surface area contributed by atoms with Crippen LogP contribution in [0.4, 0.5) is 10.1 Å². The fourth-order valence-corrected chi connectivity index (χ4v) is 1.91. The fourth-order valence-electron chi connectivity index (χ4n) is 1.58. The van der Waals surface area contributed by atoms with Crippen molar-refractivity contribution >= 4 is 27.5 Å². The summed E-state index contributed by atoms with van der Waals surface area (Å²) in [7, 11) is 0. The van der Waals surface area contributed by atoms with Crippen LogP contribution in [-0.2, 0) is 4.79 Å². The van der Waals surface area contributed by atoms with Gasteiger partial charge in [0.25, 0.3) is 5.91 Å². The molecule has 1 amide bonds. The van der Waals surface area contributed by atoms with Crippen molar-refractivity contribution in [3.8, 4) is 5.75 Å². The summed E-state index contributed by atoms with van der Waals surface area (Å²) in [6, 6.07) is 13.4. The number of carbonyl (C=O) groups excluding carboxylic acids is 1. The first-order valence-electron chi connectivity index (χ1n) is 6.04. The lowest BCUT2D eigenvalue weighted by Gasteiger charge is -2.15. The van der Waals surface area contributed by atoms with E-state index in [1.54, 1.807) is 25.1 Å². The Balaban J connectivity index is 2.00. The maximum atomic E-state index is 13.6. The molecule has 2 aromatic carbocycles. The van der Waals surface area contributed by atoms with Gasteiger partial charge < -0.3 is 10.1 Å². The molecule has 1 atom stereocenters. The van der Waals surface area contributed by atoms with Gasteiger partial charge >= 0.3 is 0 Å². The fraction of sp³-hybridized carbons (Fsp3) is 0.133. The number of nitrogens with one attached hydrogen (secondary N) is 1. The first kappa shape index (κ1) is 14.5. The van der Waals surface area contributed by atoms with Gasteiger partial charge in [-0.05, 0) is 37.3 Å². The van der Waals surface area contributed by atoms with Crippen LogP contribution in [0.5, 0.6) is 5.75 Å². The molecule has 2 rings (SSSR count). The van der Waals surface area contributed by atoms with Crippen LogP contribution in [0.25, 0.3) is 0 Å². The van der Waals surface area contributed by atoms with Gasteiger partial charge in [0.15, 0.2) is 17.7 Å². The predicted octanol–water partition coefficient (Wildman–Crippen LogP) is 3.99. The lowest BCUT2D eigenvalue weighted by Crippen LogP contribution is -2.30. The largest absolute Gasteiger partial charge is 0.478 e. The van der Waals surface area contributed by atoms with Crippen LogP contribution in [0.1, 0.15) is 6.92 Å². The van der Waals surface area contributed by atoms with E-state index in [-0.39, 0.29) is 11.7 Å². The third kappa shape index (κ3) is 3.81. The summed E-state index contributed by atoms with van der Waals surface area (Å²) >= 11 is 3.16. The molecule has 0 heterocycles. The minimum Gasteiger partial charge on any atom is -0.478 e. The molecule has 3 nitrogen and oxygen atoms in total. The highest BCUT2D eigenvalue weighted by atomic mass is 79.9. The molecule has 5 heteroatoms. The van der Waals surface area contributed by atoms with E-state index in [9.17, 15) is 9.18 Å². The second-order valence-electron chi connectivity index (χ2n) is 4.19. The molecule has 0 bridgehead atoms. The van der Waals surface area contributed by atoms with Crippen LogP contribution in [0, 0.1) is 5.82 Å². The van der Waals surface area contributed by atoms with Crippen molar-refractivity contribution in [2.45, 2.75) is 13.0 Å². The minimum absolute atomic E-state index is 0.0453. The maximum Gasteiger partial charge on any atom is 0.265 e. The molecular weight excluding hydrogens is 325 g/mol. The van der Waals surface area contributed by atoms with E-state index in [1.807, 2.05) is 18.2 Å². The molecule has 0 radical (unpaired) electrons. The van der Waals surface area contributed by atoms with E-state index < -0.39 is 11.9 Å². The maximum absolute atomic E-state index is 13.6. The van der Waals surface area contributed by atoms with E-state index in [1.165, 1.54) is 12.1 Å². The van der Waals surface area contributed by atoms with Crippen LogP contribution in [-0.4, -0.2) is 12.0 Å². The summed E-state index contributed by atoms with van der Waals surface area (Å²) in [6.45, 7) is 1.57. The van der Waals surface area contributed by atoms with E-state index >= 15 is 0 Å². The zero-order chi connectivity index (χ0) is 14.5. The van der Waals surface area contributed by atoms with Crippen molar-refractivity contribution in [2.24, 2.45) is 0 Å². The average Bonchev–Trinajstić information content (AvgIpc) is 2.43. The Kier molecular flexibility index (Phi) is 4.74. The SMILES string of the molecule is C[C@H](Oc1ccc(Br)cc1F)C(=O)Nc1ccccc1. The van der Waals surface area contributed by atoms with Crippen molar-refractivity contribution in [3.63, 3.8) is 0 Å². The van der Waals surface area contributed by atoms with Crippen LogP contribution < -0.4 is 10.1 Å².